The zero-order valence-corrected chi connectivity index (χ0v) is 17.3. The zero-order chi connectivity index (χ0) is 20.9. The van der Waals surface area contributed by atoms with Crippen molar-refractivity contribution >= 4 is 27.9 Å². The van der Waals surface area contributed by atoms with Crippen LogP contribution in [0.15, 0.2) is 60.9 Å². The Kier molecular flexibility index (Phi) is 6.07. The summed E-state index contributed by atoms with van der Waals surface area (Å²) in [4.78, 5) is 20.3. The molecule has 1 N–H and O–H groups in total. The summed E-state index contributed by atoms with van der Waals surface area (Å²) in [7, 11) is 0. The Labute approximate surface area is 176 Å². The van der Waals surface area contributed by atoms with Gasteiger partial charge in [-0.2, -0.15) is 0 Å². The predicted octanol–water partition coefficient (Wildman–Crippen LogP) is 5.58. The molecule has 30 heavy (non-hydrogen) atoms. The standard InChI is InChI=1S/C25H27N3O2/c1-2-5-22(17-24(29)30)28-15-13-20-16-18(9-12-23(20)28)6-3-8-21-11-10-19-7-4-14-26-25(19)27-21/h4,7,9-16,22H,2-3,5-6,8,17H2,1H3,(H,29,30). The van der Waals surface area contributed by atoms with Gasteiger partial charge in [0.25, 0.3) is 0 Å². The number of nitrogens with zero attached hydrogens (tertiary/aromatic N) is 3. The monoisotopic (exact) mass is 401 g/mol. The number of carboxylic acid groups (broad SMARTS) is 1. The van der Waals surface area contributed by atoms with Gasteiger partial charge in [0.15, 0.2) is 5.65 Å². The molecule has 5 heteroatoms. The first-order valence-electron chi connectivity index (χ1n) is 10.7. The van der Waals surface area contributed by atoms with Crippen molar-refractivity contribution in [3.8, 4) is 0 Å². The lowest BCUT2D eigenvalue weighted by Gasteiger charge is -2.18. The normalized spacial score (nSPS) is 12.4. The number of hydrogen-bond acceptors (Lipinski definition) is 3. The van der Waals surface area contributed by atoms with Crippen LogP contribution >= 0.6 is 0 Å². The highest BCUT2D eigenvalue weighted by Crippen LogP contribution is 2.27. The van der Waals surface area contributed by atoms with E-state index in [4.69, 9.17) is 0 Å². The number of aryl methyl sites for hydroxylation is 2. The van der Waals surface area contributed by atoms with E-state index in [9.17, 15) is 9.90 Å². The zero-order valence-electron chi connectivity index (χ0n) is 17.3. The fourth-order valence-corrected chi connectivity index (χ4v) is 4.17. The van der Waals surface area contributed by atoms with Crippen molar-refractivity contribution in [3.63, 3.8) is 0 Å². The van der Waals surface area contributed by atoms with Crippen molar-refractivity contribution in [1.29, 1.82) is 0 Å². The molecule has 4 aromatic rings. The number of carboxylic acids is 1. The highest BCUT2D eigenvalue weighted by Gasteiger charge is 2.16. The largest absolute Gasteiger partial charge is 0.481 e. The lowest BCUT2D eigenvalue weighted by molar-refractivity contribution is -0.137. The maximum Gasteiger partial charge on any atom is 0.305 e. The first-order valence-corrected chi connectivity index (χ1v) is 10.7. The number of rotatable bonds is 9. The van der Waals surface area contributed by atoms with E-state index in [1.165, 1.54) is 10.9 Å². The van der Waals surface area contributed by atoms with Crippen LogP contribution in [0.5, 0.6) is 0 Å². The molecule has 4 rings (SSSR count). The number of aromatic nitrogens is 3. The van der Waals surface area contributed by atoms with Crippen molar-refractivity contribution in [2.24, 2.45) is 0 Å². The molecule has 0 saturated heterocycles. The smallest absolute Gasteiger partial charge is 0.305 e. The second kappa shape index (κ2) is 9.08. The quantitative estimate of drug-likeness (QED) is 0.398. The molecule has 3 heterocycles. The first-order chi connectivity index (χ1) is 14.6. The predicted molar refractivity (Wildman–Crippen MR) is 120 cm³/mol. The lowest BCUT2D eigenvalue weighted by Crippen LogP contribution is -2.12. The van der Waals surface area contributed by atoms with Crippen LogP contribution in [-0.4, -0.2) is 25.6 Å². The second-order valence-corrected chi connectivity index (χ2v) is 7.86. The molecule has 0 saturated carbocycles. The van der Waals surface area contributed by atoms with Gasteiger partial charge in [-0.3, -0.25) is 4.79 Å². The minimum atomic E-state index is -0.746. The molecule has 1 aromatic carbocycles. The summed E-state index contributed by atoms with van der Waals surface area (Å²) in [6, 6.07) is 16.8. The van der Waals surface area contributed by atoms with E-state index in [0.29, 0.717) is 0 Å². The van der Waals surface area contributed by atoms with Gasteiger partial charge in [0.05, 0.1) is 6.42 Å². The molecule has 1 atom stereocenters. The number of benzene rings is 1. The minimum absolute atomic E-state index is 0.00318. The average Bonchev–Trinajstić information content (AvgIpc) is 3.16. The van der Waals surface area contributed by atoms with Crippen molar-refractivity contribution in [3.05, 3.63) is 72.2 Å². The van der Waals surface area contributed by atoms with Crippen molar-refractivity contribution in [2.45, 2.75) is 51.5 Å². The maximum absolute atomic E-state index is 11.3. The van der Waals surface area contributed by atoms with Crippen molar-refractivity contribution < 1.29 is 9.90 Å². The van der Waals surface area contributed by atoms with Crippen LogP contribution < -0.4 is 0 Å². The lowest BCUT2D eigenvalue weighted by atomic mass is 10.0. The molecule has 0 aliphatic heterocycles. The Balaban J connectivity index is 1.44. The fraction of sp³-hybridized carbons (Fsp3) is 0.320. The average molecular weight is 402 g/mol. The third kappa shape index (κ3) is 4.51. The summed E-state index contributed by atoms with van der Waals surface area (Å²) >= 11 is 0. The number of fused-ring (bicyclic) bond motifs is 2. The van der Waals surface area contributed by atoms with E-state index in [1.807, 2.05) is 18.3 Å². The molecule has 0 fully saturated rings. The highest BCUT2D eigenvalue weighted by molar-refractivity contribution is 5.81. The third-order valence-corrected chi connectivity index (χ3v) is 5.63. The summed E-state index contributed by atoms with van der Waals surface area (Å²) < 4.78 is 2.13. The molecule has 1 unspecified atom stereocenters. The van der Waals surface area contributed by atoms with Crippen LogP contribution in [0.25, 0.3) is 21.9 Å². The Morgan fingerprint density at radius 1 is 1.10 bits per heavy atom. The van der Waals surface area contributed by atoms with Gasteiger partial charge in [-0.1, -0.05) is 19.4 Å². The first kappa shape index (κ1) is 20.1. The Morgan fingerprint density at radius 3 is 2.83 bits per heavy atom. The van der Waals surface area contributed by atoms with Crippen LogP contribution in [-0.2, 0) is 17.6 Å². The van der Waals surface area contributed by atoms with E-state index >= 15 is 0 Å². The topological polar surface area (TPSA) is 68.0 Å². The van der Waals surface area contributed by atoms with Crippen molar-refractivity contribution in [1.82, 2.24) is 14.5 Å². The minimum Gasteiger partial charge on any atom is -0.481 e. The Bertz CT molecular complexity index is 1170. The molecule has 3 aromatic heterocycles. The van der Waals surface area contributed by atoms with E-state index < -0.39 is 5.97 Å². The number of pyridine rings is 2. The van der Waals surface area contributed by atoms with Gasteiger partial charge >= 0.3 is 5.97 Å². The van der Waals surface area contributed by atoms with Crippen molar-refractivity contribution in [2.75, 3.05) is 0 Å². The van der Waals surface area contributed by atoms with Crippen LogP contribution in [0.4, 0.5) is 0 Å². The molecule has 0 spiro atoms. The van der Waals surface area contributed by atoms with Gasteiger partial charge in [0, 0.05) is 35.0 Å². The molecular formula is C25H27N3O2. The molecule has 154 valence electrons. The Morgan fingerprint density at radius 2 is 2.00 bits per heavy atom. The van der Waals surface area contributed by atoms with Gasteiger partial charge in [0.1, 0.15) is 0 Å². The van der Waals surface area contributed by atoms with Crippen LogP contribution in [0.3, 0.4) is 0 Å². The van der Waals surface area contributed by atoms with Gasteiger partial charge in [-0.25, -0.2) is 9.97 Å². The molecule has 0 aliphatic rings. The third-order valence-electron chi connectivity index (χ3n) is 5.63. The van der Waals surface area contributed by atoms with Crippen LogP contribution in [0.1, 0.15) is 49.9 Å². The Hall–Kier alpha value is -3.21. The van der Waals surface area contributed by atoms with E-state index in [1.54, 1.807) is 6.20 Å². The summed E-state index contributed by atoms with van der Waals surface area (Å²) in [5.74, 6) is -0.746. The summed E-state index contributed by atoms with van der Waals surface area (Å²) in [5.41, 5.74) is 4.29. The van der Waals surface area contributed by atoms with Crippen LogP contribution in [0.2, 0.25) is 0 Å². The summed E-state index contributed by atoms with van der Waals surface area (Å²) in [6.07, 6.45) is 8.73. The second-order valence-electron chi connectivity index (χ2n) is 7.86. The molecule has 0 bridgehead atoms. The molecular weight excluding hydrogens is 374 g/mol. The van der Waals surface area contributed by atoms with Gasteiger partial charge in [-0.15, -0.1) is 0 Å². The number of hydrogen-bond donors (Lipinski definition) is 1. The van der Waals surface area contributed by atoms with Gasteiger partial charge in [-0.05, 0) is 79.1 Å². The molecule has 0 amide bonds. The molecule has 0 radical (unpaired) electrons. The van der Waals surface area contributed by atoms with Crippen LogP contribution in [0, 0.1) is 0 Å². The number of carbonyl (C=O) groups is 1. The molecule has 0 aliphatic carbocycles. The molecule has 5 nitrogen and oxygen atoms in total. The van der Waals surface area contributed by atoms with Gasteiger partial charge < -0.3 is 9.67 Å². The number of aliphatic carboxylic acids is 1. The maximum atomic E-state index is 11.3. The van der Waals surface area contributed by atoms with Gasteiger partial charge in [0.2, 0.25) is 0 Å². The summed E-state index contributed by atoms with van der Waals surface area (Å²) in [5, 5.41) is 11.5. The fourth-order valence-electron chi connectivity index (χ4n) is 4.17. The van der Waals surface area contributed by atoms with E-state index in [-0.39, 0.29) is 12.5 Å². The van der Waals surface area contributed by atoms with E-state index in [2.05, 4.69) is 57.9 Å². The van der Waals surface area contributed by atoms with E-state index in [0.717, 1.165) is 54.3 Å². The SMILES string of the molecule is CCCC(CC(=O)O)n1ccc2cc(CCCc3ccc4cccnc4n3)ccc21. The highest BCUT2D eigenvalue weighted by atomic mass is 16.4. The summed E-state index contributed by atoms with van der Waals surface area (Å²) in [6.45, 7) is 2.10.